The molecule has 36 heavy (non-hydrogen) atoms. The summed E-state index contributed by atoms with van der Waals surface area (Å²) in [6.45, 7) is 2.68. The van der Waals surface area contributed by atoms with Crippen molar-refractivity contribution >= 4 is 35.2 Å². The SMILES string of the molecule is Cc1c(Cl)cc(OCCNc2ccncc2)cc1C(=O)N(C(N)=O)C1CCCC1.O=C(O)C(F)(F)F. The number of carbonyl (C=O) groups excluding carboxylic acids is 2. The summed E-state index contributed by atoms with van der Waals surface area (Å²) >= 11 is 6.33. The minimum Gasteiger partial charge on any atom is -0.492 e. The quantitative estimate of drug-likeness (QED) is 0.444. The van der Waals surface area contributed by atoms with Crippen molar-refractivity contribution in [2.75, 3.05) is 18.5 Å². The molecule has 13 heteroatoms. The zero-order valence-electron chi connectivity index (χ0n) is 19.3. The molecule has 3 amide bonds. The molecule has 1 heterocycles. The largest absolute Gasteiger partial charge is 0.492 e. The number of nitrogens with one attached hydrogen (secondary N) is 1. The normalized spacial score (nSPS) is 13.4. The average Bonchev–Trinajstić information content (AvgIpc) is 3.33. The Morgan fingerprint density at radius 3 is 2.33 bits per heavy atom. The number of urea groups is 1. The molecule has 9 nitrogen and oxygen atoms in total. The number of hydrogen-bond donors (Lipinski definition) is 3. The van der Waals surface area contributed by atoms with Crippen LogP contribution in [0.15, 0.2) is 36.7 Å². The van der Waals surface area contributed by atoms with Gasteiger partial charge in [0.25, 0.3) is 5.91 Å². The zero-order valence-corrected chi connectivity index (χ0v) is 20.1. The van der Waals surface area contributed by atoms with Crippen LogP contribution in [0.1, 0.15) is 41.6 Å². The van der Waals surface area contributed by atoms with Gasteiger partial charge in [-0.1, -0.05) is 24.4 Å². The molecule has 0 saturated heterocycles. The standard InChI is InChI=1S/C21H25ClN4O3.C2HF3O2/c1-14-18(20(27)26(21(23)28)16-4-2-3-5-16)12-17(13-19(14)22)29-11-10-25-15-6-8-24-9-7-15;3-2(4,5)1(6)7/h6-9,12-13,16H,2-5,10-11H2,1H3,(H2,23,28)(H,24,25);(H,6,7). The number of pyridine rings is 1. The average molecular weight is 531 g/mol. The van der Waals surface area contributed by atoms with Gasteiger partial charge in [0.15, 0.2) is 0 Å². The number of nitrogens with two attached hydrogens (primary N) is 1. The van der Waals surface area contributed by atoms with Gasteiger partial charge in [-0.2, -0.15) is 13.2 Å². The number of carboxylic acids is 1. The molecular weight excluding hydrogens is 505 g/mol. The van der Waals surface area contributed by atoms with Gasteiger partial charge in [-0.3, -0.25) is 14.7 Å². The van der Waals surface area contributed by atoms with Gasteiger partial charge in [0.1, 0.15) is 12.4 Å². The van der Waals surface area contributed by atoms with E-state index in [0.29, 0.717) is 35.1 Å². The Bertz CT molecular complexity index is 1060. The van der Waals surface area contributed by atoms with E-state index < -0.39 is 24.1 Å². The molecule has 0 unspecified atom stereocenters. The smallest absolute Gasteiger partial charge is 0.490 e. The number of carboxylic acid groups (broad SMARTS) is 1. The summed E-state index contributed by atoms with van der Waals surface area (Å²) in [7, 11) is 0. The van der Waals surface area contributed by atoms with Crippen molar-refractivity contribution in [1.82, 2.24) is 9.88 Å². The number of alkyl halides is 3. The number of imide groups is 1. The number of halogens is 4. The molecule has 0 bridgehead atoms. The number of aromatic nitrogens is 1. The summed E-state index contributed by atoms with van der Waals surface area (Å²) in [6.07, 6.45) is 1.84. The Labute approximate surface area is 210 Å². The molecule has 4 N–H and O–H groups in total. The highest BCUT2D eigenvalue weighted by Gasteiger charge is 2.38. The molecule has 1 aromatic carbocycles. The predicted molar refractivity (Wildman–Crippen MR) is 126 cm³/mol. The van der Waals surface area contributed by atoms with Crippen LogP contribution in [-0.4, -0.2) is 58.3 Å². The number of rotatable bonds is 7. The molecule has 0 spiro atoms. The number of carbonyl (C=O) groups is 3. The van der Waals surface area contributed by atoms with Crippen LogP contribution in [0.5, 0.6) is 5.75 Å². The fraction of sp³-hybridized carbons (Fsp3) is 0.391. The second kappa shape index (κ2) is 13.0. The number of aliphatic carboxylic acids is 1. The topological polar surface area (TPSA) is 135 Å². The van der Waals surface area contributed by atoms with Crippen LogP contribution in [0.4, 0.5) is 23.7 Å². The van der Waals surface area contributed by atoms with Gasteiger partial charge in [0, 0.05) is 41.3 Å². The highest BCUT2D eigenvalue weighted by Crippen LogP contribution is 2.30. The van der Waals surface area contributed by atoms with Crippen LogP contribution in [-0.2, 0) is 4.79 Å². The van der Waals surface area contributed by atoms with E-state index >= 15 is 0 Å². The van der Waals surface area contributed by atoms with E-state index in [1.54, 1.807) is 31.5 Å². The maximum Gasteiger partial charge on any atom is 0.490 e. The fourth-order valence-electron chi connectivity index (χ4n) is 3.53. The maximum atomic E-state index is 13.1. The van der Waals surface area contributed by atoms with Crippen molar-refractivity contribution in [1.29, 1.82) is 0 Å². The summed E-state index contributed by atoms with van der Waals surface area (Å²) in [4.78, 5) is 39.1. The third-order valence-electron chi connectivity index (χ3n) is 5.32. The van der Waals surface area contributed by atoms with Crippen molar-refractivity contribution in [3.05, 3.63) is 52.8 Å². The van der Waals surface area contributed by atoms with E-state index in [9.17, 15) is 22.8 Å². The van der Waals surface area contributed by atoms with Gasteiger partial charge in [-0.25, -0.2) is 9.59 Å². The Morgan fingerprint density at radius 2 is 1.81 bits per heavy atom. The van der Waals surface area contributed by atoms with E-state index in [2.05, 4.69) is 10.3 Å². The summed E-state index contributed by atoms with van der Waals surface area (Å²) in [5.41, 5.74) is 7.40. The lowest BCUT2D eigenvalue weighted by Gasteiger charge is -2.26. The number of amides is 3. The lowest BCUT2D eigenvalue weighted by Crippen LogP contribution is -2.46. The first kappa shape index (κ1) is 28.7. The molecule has 1 aliphatic rings. The molecule has 0 aliphatic heterocycles. The van der Waals surface area contributed by atoms with Gasteiger partial charge in [-0.05, 0) is 49.6 Å². The Balaban J connectivity index is 0.000000572. The minimum absolute atomic E-state index is 0.160. The summed E-state index contributed by atoms with van der Waals surface area (Å²) in [5.74, 6) is -2.71. The highest BCUT2D eigenvalue weighted by atomic mass is 35.5. The summed E-state index contributed by atoms with van der Waals surface area (Å²) in [6, 6.07) is 6.13. The van der Waals surface area contributed by atoms with Crippen LogP contribution in [0, 0.1) is 6.92 Å². The molecule has 2 aromatic rings. The third-order valence-corrected chi connectivity index (χ3v) is 5.71. The first-order valence-corrected chi connectivity index (χ1v) is 11.3. The lowest BCUT2D eigenvalue weighted by molar-refractivity contribution is -0.192. The van der Waals surface area contributed by atoms with Gasteiger partial charge in [0.2, 0.25) is 0 Å². The maximum absolute atomic E-state index is 13.1. The fourth-order valence-corrected chi connectivity index (χ4v) is 3.74. The first-order valence-electron chi connectivity index (χ1n) is 10.9. The van der Waals surface area contributed by atoms with Crippen LogP contribution >= 0.6 is 11.6 Å². The predicted octanol–water partition coefficient (Wildman–Crippen LogP) is 4.63. The summed E-state index contributed by atoms with van der Waals surface area (Å²) in [5, 5.41) is 10.7. The molecular formula is C23H26ClF3N4O5. The van der Waals surface area contributed by atoms with Crippen LogP contribution in [0.25, 0.3) is 0 Å². The Kier molecular flexibility index (Phi) is 10.3. The third kappa shape index (κ3) is 8.29. The second-order valence-electron chi connectivity index (χ2n) is 7.84. The van der Waals surface area contributed by atoms with Crippen molar-refractivity contribution in [2.24, 2.45) is 5.73 Å². The van der Waals surface area contributed by atoms with Crippen LogP contribution in [0.2, 0.25) is 5.02 Å². The molecule has 1 saturated carbocycles. The summed E-state index contributed by atoms with van der Waals surface area (Å²) < 4.78 is 37.5. The van der Waals surface area contributed by atoms with Gasteiger partial charge < -0.3 is 20.9 Å². The molecule has 0 atom stereocenters. The van der Waals surface area contributed by atoms with Gasteiger partial charge >= 0.3 is 18.2 Å². The molecule has 1 aliphatic carbocycles. The molecule has 196 valence electrons. The number of ether oxygens (including phenoxy) is 1. The van der Waals surface area contributed by atoms with Crippen molar-refractivity contribution in [3.8, 4) is 5.75 Å². The van der Waals surface area contributed by atoms with E-state index in [1.807, 2.05) is 12.1 Å². The van der Waals surface area contributed by atoms with Crippen molar-refractivity contribution in [2.45, 2.75) is 44.8 Å². The monoisotopic (exact) mass is 530 g/mol. The number of anilines is 1. The molecule has 1 aromatic heterocycles. The van der Waals surface area contributed by atoms with Crippen molar-refractivity contribution in [3.63, 3.8) is 0 Å². The Morgan fingerprint density at radius 1 is 1.22 bits per heavy atom. The number of benzene rings is 1. The second-order valence-corrected chi connectivity index (χ2v) is 8.25. The van der Waals surface area contributed by atoms with Crippen molar-refractivity contribution < 1.29 is 37.4 Å². The van der Waals surface area contributed by atoms with Gasteiger partial charge in [0.05, 0.1) is 0 Å². The lowest BCUT2D eigenvalue weighted by atomic mass is 10.1. The van der Waals surface area contributed by atoms with E-state index in [1.165, 1.54) is 4.90 Å². The number of primary amides is 1. The Hall–Kier alpha value is -3.54. The van der Waals surface area contributed by atoms with E-state index in [0.717, 1.165) is 31.4 Å². The van der Waals surface area contributed by atoms with Crippen LogP contribution in [0.3, 0.4) is 0 Å². The number of nitrogens with zero attached hydrogens (tertiary/aromatic N) is 2. The zero-order chi connectivity index (χ0) is 26.9. The molecule has 3 rings (SSSR count). The minimum atomic E-state index is -5.08. The van der Waals surface area contributed by atoms with E-state index in [4.69, 9.17) is 32.0 Å². The van der Waals surface area contributed by atoms with E-state index in [-0.39, 0.29) is 6.04 Å². The molecule has 1 fully saturated rings. The molecule has 0 radical (unpaired) electrons. The van der Waals surface area contributed by atoms with Gasteiger partial charge in [-0.15, -0.1) is 0 Å². The van der Waals surface area contributed by atoms with Crippen LogP contribution < -0.4 is 15.8 Å². The first-order chi connectivity index (χ1) is 16.9. The number of hydrogen-bond acceptors (Lipinski definition) is 6. The highest BCUT2D eigenvalue weighted by molar-refractivity contribution is 6.32.